The van der Waals surface area contributed by atoms with Crippen molar-refractivity contribution in [1.29, 1.82) is 0 Å². The van der Waals surface area contributed by atoms with E-state index >= 15 is 0 Å². The van der Waals surface area contributed by atoms with Crippen LogP contribution in [0.15, 0.2) is 24.3 Å². The van der Waals surface area contributed by atoms with Gasteiger partial charge in [-0.3, -0.25) is 0 Å². The maximum atomic E-state index is 12.5. The van der Waals surface area contributed by atoms with Gasteiger partial charge < -0.3 is 10.3 Å². The predicted molar refractivity (Wildman–Crippen MR) is 70.4 cm³/mol. The SMILES string of the molecule is NCc1nnc(Cc2ccc(C(F)(F)F)cc2)n1C1CC1. The third-order valence-electron chi connectivity index (χ3n) is 3.58. The first kappa shape index (κ1) is 14.1. The van der Waals surface area contributed by atoms with Gasteiger partial charge in [-0.1, -0.05) is 12.1 Å². The minimum absolute atomic E-state index is 0.316. The quantitative estimate of drug-likeness (QED) is 0.943. The Labute approximate surface area is 119 Å². The molecule has 1 aliphatic carbocycles. The molecule has 112 valence electrons. The zero-order valence-corrected chi connectivity index (χ0v) is 11.3. The van der Waals surface area contributed by atoms with Crippen molar-refractivity contribution in [3.05, 3.63) is 47.0 Å². The van der Waals surface area contributed by atoms with Crippen molar-refractivity contribution in [2.24, 2.45) is 5.73 Å². The molecular formula is C14H15F3N4. The Morgan fingerprint density at radius 3 is 2.24 bits per heavy atom. The van der Waals surface area contributed by atoms with Gasteiger partial charge in [-0.05, 0) is 30.5 Å². The van der Waals surface area contributed by atoms with Crippen LogP contribution in [0.4, 0.5) is 13.2 Å². The molecule has 0 bridgehead atoms. The Kier molecular flexibility index (Phi) is 3.44. The normalized spacial score (nSPS) is 15.4. The van der Waals surface area contributed by atoms with E-state index in [1.807, 2.05) is 4.57 Å². The van der Waals surface area contributed by atoms with Crippen LogP contribution in [-0.2, 0) is 19.1 Å². The van der Waals surface area contributed by atoms with E-state index in [1.165, 1.54) is 12.1 Å². The number of hydrogen-bond acceptors (Lipinski definition) is 3. The molecule has 0 saturated heterocycles. The molecule has 1 aliphatic rings. The van der Waals surface area contributed by atoms with Gasteiger partial charge in [0.1, 0.15) is 11.6 Å². The molecule has 0 spiro atoms. The van der Waals surface area contributed by atoms with E-state index in [0.29, 0.717) is 19.0 Å². The lowest BCUT2D eigenvalue weighted by Gasteiger charge is -2.09. The summed E-state index contributed by atoms with van der Waals surface area (Å²) in [5.41, 5.74) is 5.78. The predicted octanol–water partition coefficient (Wildman–Crippen LogP) is 2.68. The first-order chi connectivity index (χ1) is 9.99. The molecule has 3 rings (SSSR count). The molecule has 2 N–H and O–H groups in total. The Balaban J connectivity index is 1.82. The van der Waals surface area contributed by atoms with Crippen LogP contribution >= 0.6 is 0 Å². The summed E-state index contributed by atoms with van der Waals surface area (Å²) < 4.78 is 39.6. The molecule has 0 unspecified atom stereocenters. The van der Waals surface area contributed by atoms with Gasteiger partial charge >= 0.3 is 6.18 Å². The van der Waals surface area contributed by atoms with E-state index in [9.17, 15) is 13.2 Å². The summed E-state index contributed by atoms with van der Waals surface area (Å²) >= 11 is 0. The number of hydrogen-bond donors (Lipinski definition) is 1. The lowest BCUT2D eigenvalue weighted by Crippen LogP contribution is -2.10. The number of nitrogens with zero attached hydrogens (tertiary/aromatic N) is 3. The van der Waals surface area contributed by atoms with Crippen molar-refractivity contribution in [2.75, 3.05) is 0 Å². The number of halogens is 3. The largest absolute Gasteiger partial charge is 0.416 e. The van der Waals surface area contributed by atoms with E-state index in [4.69, 9.17) is 5.73 Å². The van der Waals surface area contributed by atoms with Crippen LogP contribution < -0.4 is 5.73 Å². The van der Waals surface area contributed by atoms with Crippen molar-refractivity contribution in [2.45, 2.75) is 38.0 Å². The number of alkyl halides is 3. The zero-order chi connectivity index (χ0) is 15.0. The summed E-state index contributed by atoms with van der Waals surface area (Å²) in [6, 6.07) is 5.55. The van der Waals surface area contributed by atoms with Gasteiger partial charge in [-0.25, -0.2) is 0 Å². The molecule has 0 amide bonds. The minimum atomic E-state index is -4.31. The second-order valence-corrected chi connectivity index (χ2v) is 5.21. The molecule has 7 heteroatoms. The molecule has 1 heterocycles. The van der Waals surface area contributed by atoms with Crippen LogP contribution in [0.25, 0.3) is 0 Å². The number of rotatable bonds is 4. The maximum Gasteiger partial charge on any atom is 0.416 e. The van der Waals surface area contributed by atoms with Crippen LogP contribution in [0.3, 0.4) is 0 Å². The number of aromatic nitrogens is 3. The third kappa shape index (κ3) is 2.92. The smallest absolute Gasteiger partial charge is 0.324 e. The van der Waals surface area contributed by atoms with Gasteiger partial charge in [0.25, 0.3) is 0 Å². The van der Waals surface area contributed by atoms with Crippen LogP contribution in [0.5, 0.6) is 0 Å². The summed E-state index contributed by atoms with van der Waals surface area (Å²) in [4.78, 5) is 0. The zero-order valence-electron chi connectivity index (χ0n) is 11.3. The van der Waals surface area contributed by atoms with E-state index in [1.54, 1.807) is 0 Å². The van der Waals surface area contributed by atoms with Gasteiger partial charge in [0.05, 0.1) is 12.1 Å². The fourth-order valence-electron chi connectivity index (χ4n) is 2.37. The summed E-state index contributed by atoms with van der Waals surface area (Å²) in [6.45, 7) is 0.316. The standard InChI is InChI=1S/C14H15F3N4/c15-14(16,17)10-3-1-9(2-4-10)7-12-19-20-13(8-18)21(12)11-5-6-11/h1-4,11H,5-8,18H2. The summed E-state index contributed by atoms with van der Waals surface area (Å²) in [5, 5.41) is 8.18. The van der Waals surface area contributed by atoms with Crippen LogP contribution in [0, 0.1) is 0 Å². The summed E-state index contributed by atoms with van der Waals surface area (Å²) in [7, 11) is 0. The molecule has 21 heavy (non-hydrogen) atoms. The highest BCUT2D eigenvalue weighted by molar-refractivity contribution is 5.27. The second-order valence-electron chi connectivity index (χ2n) is 5.21. The highest BCUT2D eigenvalue weighted by Gasteiger charge is 2.31. The summed E-state index contributed by atoms with van der Waals surface area (Å²) in [6.07, 6.45) is -1.70. The van der Waals surface area contributed by atoms with E-state index in [0.717, 1.165) is 42.2 Å². The highest BCUT2D eigenvalue weighted by atomic mass is 19.4. The van der Waals surface area contributed by atoms with E-state index in [-0.39, 0.29) is 0 Å². The lowest BCUT2D eigenvalue weighted by molar-refractivity contribution is -0.137. The number of benzene rings is 1. The molecule has 4 nitrogen and oxygen atoms in total. The van der Waals surface area contributed by atoms with Crippen molar-refractivity contribution < 1.29 is 13.2 Å². The molecule has 1 saturated carbocycles. The maximum absolute atomic E-state index is 12.5. The fourth-order valence-corrected chi connectivity index (χ4v) is 2.37. The molecule has 1 aromatic heterocycles. The first-order valence-corrected chi connectivity index (χ1v) is 6.78. The topological polar surface area (TPSA) is 56.7 Å². The van der Waals surface area contributed by atoms with Gasteiger partial charge in [0, 0.05) is 12.5 Å². The Morgan fingerprint density at radius 2 is 1.71 bits per heavy atom. The monoisotopic (exact) mass is 296 g/mol. The molecule has 0 radical (unpaired) electrons. The van der Waals surface area contributed by atoms with Gasteiger partial charge in [-0.15, -0.1) is 10.2 Å². The van der Waals surface area contributed by atoms with Gasteiger partial charge in [0.2, 0.25) is 0 Å². The van der Waals surface area contributed by atoms with Crippen LogP contribution in [0.1, 0.15) is 41.7 Å². The molecule has 1 aromatic carbocycles. The van der Waals surface area contributed by atoms with Crippen molar-refractivity contribution in [1.82, 2.24) is 14.8 Å². The van der Waals surface area contributed by atoms with Crippen molar-refractivity contribution in [3.8, 4) is 0 Å². The molecule has 1 fully saturated rings. The molecule has 2 aromatic rings. The van der Waals surface area contributed by atoms with Crippen molar-refractivity contribution >= 4 is 0 Å². The first-order valence-electron chi connectivity index (χ1n) is 6.78. The average molecular weight is 296 g/mol. The van der Waals surface area contributed by atoms with Crippen molar-refractivity contribution in [3.63, 3.8) is 0 Å². The Hall–Kier alpha value is -1.89. The Bertz CT molecular complexity index is 627. The Morgan fingerprint density at radius 1 is 1.10 bits per heavy atom. The summed E-state index contributed by atoms with van der Waals surface area (Å²) in [5.74, 6) is 1.50. The average Bonchev–Trinajstić information content (AvgIpc) is 3.20. The minimum Gasteiger partial charge on any atom is -0.324 e. The van der Waals surface area contributed by atoms with Gasteiger partial charge in [-0.2, -0.15) is 13.2 Å². The molecule has 0 atom stereocenters. The van der Waals surface area contributed by atoms with Gasteiger partial charge in [0.15, 0.2) is 0 Å². The number of nitrogens with two attached hydrogens (primary N) is 1. The highest BCUT2D eigenvalue weighted by Crippen LogP contribution is 2.37. The van der Waals surface area contributed by atoms with Crippen LogP contribution in [-0.4, -0.2) is 14.8 Å². The molecule has 0 aliphatic heterocycles. The fraction of sp³-hybridized carbons (Fsp3) is 0.429. The molecular weight excluding hydrogens is 281 g/mol. The van der Waals surface area contributed by atoms with E-state index in [2.05, 4.69) is 10.2 Å². The second kappa shape index (κ2) is 5.14. The lowest BCUT2D eigenvalue weighted by atomic mass is 10.1. The van der Waals surface area contributed by atoms with E-state index < -0.39 is 11.7 Å². The van der Waals surface area contributed by atoms with Crippen LogP contribution in [0.2, 0.25) is 0 Å². The third-order valence-corrected chi connectivity index (χ3v) is 3.58.